The first-order chi connectivity index (χ1) is 11.1. The maximum atomic E-state index is 12.5. The molecule has 4 nitrogen and oxygen atoms in total. The van der Waals surface area contributed by atoms with Gasteiger partial charge in [0.05, 0.1) is 16.7 Å². The molecule has 0 aliphatic carbocycles. The number of carbonyl (C=O) groups is 1. The molecule has 1 saturated heterocycles. The number of halogens is 1. The summed E-state index contributed by atoms with van der Waals surface area (Å²) in [6, 6.07) is 15.9. The van der Waals surface area contributed by atoms with E-state index in [0.717, 1.165) is 27.0 Å². The third kappa shape index (κ3) is 2.36. The Kier molecular flexibility index (Phi) is 3.45. The summed E-state index contributed by atoms with van der Waals surface area (Å²) in [6.07, 6.45) is 0.499. The molecule has 1 atom stereocenters. The van der Waals surface area contributed by atoms with Crippen molar-refractivity contribution in [2.24, 2.45) is 7.05 Å². The van der Waals surface area contributed by atoms with E-state index in [1.165, 1.54) is 0 Å². The van der Waals surface area contributed by atoms with Crippen molar-refractivity contribution >= 4 is 38.6 Å². The van der Waals surface area contributed by atoms with Gasteiger partial charge in [-0.2, -0.15) is 0 Å². The zero-order valence-corrected chi connectivity index (χ0v) is 14.3. The van der Waals surface area contributed by atoms with Crippen molar-refractivity contribution in [3.05, 3.63) is 58.8 Å². The van der Waals surface area contributed by atoms with E-state index < -0.39 is 0 Å². The molecule has 4 rings (SSSR count). The van der Waals surface area contributed by atoms with Crippen molar-refractivity contribution in [2.45, 2.75) is 12.3 Å². The van der Waals surface area contributed by atoms with Gasteiger partial charge < -0.3 is 9.47 Å². The van der Waals surface area contributed by atoms with Crippen LogP contribution >= 0.6 is 15.9 Å². The van der Waals surface area contributed by atoms with Crippen LogP contribution in [0, 0.1) is 0 Å². The number of anilines is 1. The van der Waals surface area contributed by atoms with Crippen LogP contribution in [0.5, 0.6) is 0 Å². The van der Waals surface area contributed by atoms with Gasteiger partial charge in [-0.1, -0.05) is 24.3 Å². The molecule has 0 N–H and O–H groups in total. The van der Waals surface area contributed by atoms with Gasteiger partial charge in [0.15, 0.2) is 0 Å². The van der Waals surface area contributed by atoms with Crippen molar-refractivity contribution in [3.8, 4) is 0 Å². The third-order valence-electron chi connectivity index (χ3n) is 4.46. The molecular weight excluding hydrogens is 354 g/mol. The lowest BCUT2D eigenvalue weighted by Crippen LogP contribution is -2.24. The van der Waals surface area contributed by atoms with Gasteiger partial charge >= 0.3 is 0 Å². The van der Waals surface area contributed by atoms with Crippen LogP contribution in [-0.4, -0.2) is 22.0 Å². The second-order valence-electron chi connectivity index (χ2n) is 5.87. The van der Waals surface area contributed by atoms with Gasteiger partial charge in [-0.05, 0) is 40.2 Å². The first-order valence-electron chi connectivity index (χ1n) is 7.61. The number of aromatic nitrogens is 2. The number of carbonyl (C=O) groups excluding carboxylic acids is 1. The van der Waals surface area contributed by atoms with E-state index in [1.807, 2.05) is 54.4 Å². The molecule has 0 saturated carbocycles. The van der Waals surface area contributed by atoms with E-state index >= 15 is 0 Å². The van der Waals surface area contributed by atoms with Crippen LogP contribution in [0.25, 0.3) is 11.0 Å². The SMILES string of the molecule is Cn1c([C@H]2CC(=O)N(c3ccccc3Br)C2)nc2ccccc21. The summed E-state index contributed by atoms with van der Waals surface area (Å²) in [5, 5.41) is 0. The molecule has 2 aromatic carbocycles. The number of hydrogen-bond acceptors (Lipinski definition) is 2. The number of imidazole rings is 1. The van der Waals surface area contributed by atoms with Crippen LogP contribution in [0.1, 0.15) is 18.2 Å². The van der Waals surface area contributed by atoms with Crippen LogP contribution < -0.4 is 4.90 Å². The monoisotopic (exact) mass is 369 g/mol. The predicted octanol–water partition coefficient (Wildman–Crippen LogP) is 3.86. The second-order valence-corrected chi connectivity index (χ2v) is 6.73. The van der Waals surface area contributed by atoms with Gasteiger partial charge in [0.2, 0.25) is 5.91 Å². The molecule has 1 aliphatic rings. The third-order valence-corrected chi connectivity index (χ3v) is 5.13. The number of fused-ring (bicyclic) bond motifs is 1. The fourth-order valence-corrected chi connectivity index (χ4v) is 3.81. The summed E-state index contributed by atoms with van der Waals surface area (Å²) in [4.78, 5) is 19.1. The smallest absolute Gasteiger partial charge is 0.227 e. The number of aryl methyl sites for hydroxylation is 1. The number of rotatable bonds is 2. The average Bonchev–Trinajstić information content (AvgIpc) is 3.09. The Bertz CT molecular complexity index is 902. The molecule has 0 unspecified atom stereocenters. The lowest BCUT2D eigenvalue weighted by molar-refractivity contribution is -0.117. The van der Waals surface area contributed by atoms with Crippen LogP contribution in [0.4, 0.5) is 5.69 Å². The first-order valence-corrected chi connectivity index (χ1v) is 8.40. The molecule has 1 aliphatic heterocycles. The molecule has 0 bridgehead atoms. The molecule has 0 spiro atoms. The summed E-state index contributed by atoms with van der Waals surface area (Å²) in [6.45, 7) is 0.665. The topological polar surface area (TPSA) is 38.1 Å². The quantitative estimate of drug-likeness (QED) is 0.687. The van der Waals surface area contributed by atoms with E-state index in [9.17, 15) is 4.79 Å². The van der Waals surface area contributed by atoms with Gasteiger partial charge in [0, 0.05) is 30.4 Å². The highest BCUT2D eigenvalue weighted by atomic mass is 79.9. The lowest BCUT2D eigenvalue weighted by atomic mass is 10.1. The van der Waals surface area contributed by atoms with E-state index in [1.54, 1.807) is 0 Å². The highest BCUT2D eigenvalue weighted by Crippen LogP contribution is 2.35. The van der Waals surface area contributed by atoms with Crippen LogP contribution in [-0.2, 0) is 11.8 Å². The van der Waals surface area contributed by atoms with Crippen LogP contribution in [0.2, 0.25) is 0 Å². The normalized spacial score (nSPS) is 18.1. The minimum absolute atomic E-state index is 0.118. The Balaban J connectivity index is 1.70. The summed E-state index contributed by atoms with van der Waals surface area (Å²) in [5.41, 5.74) is 3.02. The molecule has 3 aromatic rings. The fraction of sp³-hybridized carbons (Fsp3) is 0.222. The summed E-state index contributed by atoms with van der Waals surface area (Å²) >= 11 is 3.54. The van der Waals surface area contributed by atoms with Crippen molar-refractivity contribution in [1.82, 2.24) is 9.55 Å². The molecule has 23 heavy (non-hydrogen) atoms. The minimum atomic E-state index is 0.118. The second kappa shape index (κ2) is 5.49. The molecule has 1 fully saturated rings. The Hall–Kier alpha value is -2.14. The maximum absolute atomic E-state index is 12.5. The van der Waals surface area contributed by atoms with E-state index in [4.69, 9.17) is 4.98 Å². The fourth-order valence-electron chi connectivity index (χ4n) is 3.31. The largest absolute Gasteiger partial charge is 0.331 e. The highest BCUT2D eigenvalue weighted by Gasteiger charge is 2.34. The molecule has 1 amide bonds. The zero-order valence-electron chi connectivity index (χ0n) is 12.7. The molecular formula is C18H16BrN3O. The number of amides is 1. The van der Waals surface area contributed by atoms with E-state index in [2.05, 4.69) is 26.6 Å². The predicted molar refractivity (Wildman–Crippen MR) is 94.6 cm³/mol. The number of hydrogen-bond donors (Lipinski definition) is 0. The Labute approximate surface area is 142 Å². The van der Waals surface area contributed by atoms with Crippen molar-refractivity contribution < 1.29 is 4.79 Å². The number of para-hydroxylation sites is 3. The Morgan fingerprint density at radius 1 is 1.13 bits per heavy atom. The molecule has 1 aromatic heterocycles. The van der Waals surface area contributed by atoms with Crippen LogP contribution in [0.3, 0.4) is 0 Å². The summed E-state index contributed by atoms with van der Waals surface area (Å²) in [5.74, 6) is 1.25. The molecule has 2 heterocycles. The zero-order chi connectivity index (χ0) is 16.0. The Morgan fingerprint density at radius 2 is 1.87 bits per heavy atom. The molecule has 5 heteroatoms. The minimum Gasteiger partial charge on any atom is -0.331 e. The van der Waals surface area contributed by atoms with Gasteiger partial charge in [-0.15, -0.1) is 0 Å². The summed E-state index contributed by atoms with van der Waals surface area (Å²) < 4.78 is 3.05. The molecule has 116 valence electrons. The lowest BCUT2D eigenvalue weighted by Gasteiger charge is -2.18. The number of benzene rings is 2. The first kappa shape index (κ1) is 14.5. The van der Waals surface area contributed by atoms with Crippen molar-refractivity contribution in [1.29, 1.82) is 0 Å². The summed E-state index contributed by atoms with van der Waals surface area (Å²) in [7, 11) is 2.02. The van der Waals surface area contributed by atoms with E-state index in [-0.39, 0.29) is 11.8 Å². The standard InChI is InChI=1S/C18H16BrN3O/c1-21-16-9-5-3-7-14(16)20-18(21)12-10-17(23)22(11-12)15-8-4-2-6-13(15)19/h2-9,12H,10-11H2,1H3/t12-/m0/s1. The van der Waals surface area contributed by atoms with E-state index in [0.29, 0.717) is 13.0 Å². The van der Waals surface area contributed by atoms with Crippen LogP contribution in [0.15, 0.2) is 53.0 Å². The van der Waals surface area contributed by atoms with Crippen molar-refractivity contribution in [2.75, 3.05) is 11.4 Å². The molecule has 0 radical (unpaired) electrons. The highest BCUT2D eigenvalue weighted by molar-refractivity contribution is 9.10. The average molecular weight is 370 g/mol. The van der Waals surface area contributed by atoms with Gasteiger partial charge in [0.1, 0.15) is 5.82 Å². The van der Waals surface area contributed by atoms with Crippen molar-refractivity contribution in [3.63, 3.8) is 0 Å². The number of nitrogens with zero attached hydrogens (tertiary/aromatic N) is 3. The van der Waals surface area contributed by atoms with Gasteiger partial charge in [0.25, 0.3) is 0 Å². The van der Waals surface area contributed by atoms with Gasteiger partial charge in [-0.25, -0.2) is 4.98 Å². The van der Waals surface area contributed by atoms with Gasteiger partial charge in [-0.3, -0.25) is 4.79 Å². The Morgan fingerprint density at radius 3 is 2.65 bits per heavy atom. The maximum Gasteiger partial charge on any atom is 0.227 e.